The maximum atomic E-state index is 12.0. The van der Waals surface area contributed by atoms with Crippen LogP contribution in [0.15, 0.2) is 17.5 Å². The minimum atomic E-state index is 0.202. The molecular weight excluding hydrogens is 218 g/mol. The van der Waals surface area contributed by atoms with Gasteiger partial charge in [0.05, 0.1) is 0 Å². The van der Waals surface area contributed by atoms with Crippen LogP contribution in [0.1, 0.15) is 31.6 Å². The van der Waals surface area contributed by atoms with Crippen LogP contribution in [0, 0.1) is 5.92 Å². The van der Waals surface area contributed by atoms with Crippen molar-refractivity contribution in [2.45, 2.75) is 33.1 Å². The molecule has 1 heterocycles. The zero-order valence-electron chi connectivity index (χ0n) is 10.4. The number of likely N-dealkylation sites (N-methyl/N-ethyl adjacent to an activating group) is 1. The molecule has 0 saturated heterocycles. The standard InChI is InChI=1S/C13H21NOS/c1-4-11(5-2)13(15)14(3)9-8-12-7-6-10-16-12/h6-7,10-11H,4-5,8-9H2,1-3H3. The van der Waals surface area contributed by atoms with Gasteiger partial charge in [-0.25, -0.2) is 0 Å². The van der Waals surface area contributed by atoms with E-state index in [0.717, 1.165) is 25.8 Å². The Labute approximate surface area is 102 Å². The van der Waals surface area contributed by atoms with Crippen LogP contribution in [0.25, 0.3) is 0 Å². The zero-order chi connectivity index (χ0) is 12.0. The van der Waals surface area contributed by atoms with Gasteiger partial charge in [0.25, 0.3) is 0 Å². The van der Waals surface area contributed by atoms with Gasteiger partial charge in [-0.3, -0.25) is 4.79 Å². The Hall–Kier alpha value is -0.830. The topological polar surface area (TPSA) is 20.3 Å². The molecule has 0 aliphatic rings. The van der Waals surface area contributed by atoms with Crippen molar-refractivity contribution >= 4 is 17.2 Å². The summed E-state index contributed by atoms with van der Waals surface area (Å²) in [5, 5.41) is 2.08. The fraction of sp³-hybridized carbons (Fsp3) is 0.615. The van der Waals surface area contributed by atoms with E-state index in [0.29, 0.717) is 5.91 Å². The molecule has 0 radical (unpaired) electrons. The normalized spacial score (nSPS) is 10.8. The van der Waals surface area contributed by atoms with Crippen molar-refractivity contribution in [2.24, 2.45) is 5.92 Å². The van der Waals surface area contributed by atoms with Gasteiger partial charge in [-0.1, -0.05) is 19.9 Å². The smallest absolute Gasteiger partial charge is 0.225 e. The molecule has 0 aliphatic carbocycles. The zero-order valence-corrected chi connectivity index (χ0v) is 11.2. The number of hydrogen-bond acceptors (Lipinski definition) is 2. The Bertz CT molecular complexity index is 304. The Morgan fingerprint density at radius 1 is 1.44 bits per heavy atom. The summed E-state index contributed by atoms with van der Waals surface area (Å²) < 4.78 is 0. The largest absolute Gasteiger partial charge is 0.345 e. The molecule has 2 nitrogen and oxygen atoms in total. The van der Waals surface area contributed by atoms with Gasteiger partial charge in [0, 0.05) is 24.4 Å². The van der Waals surface area contributed by atoms with Crippen molar-refractivity contribution < 1.29 is 4.79 Å². The number of carbonyl (C=O) groups is 1. The van der Waals surface area contributed by atoms with Crippen molar-refractivity contribution in [3.8, 4) is 0 Å². The fourth-order valence-corrected chi connectivity index (χ4v) is 2.49. The van der Waals surface area contributed by atoms with E-state index in [9.17, 15) is 4.79 Å². The Morgan fingerprint density at radius 2 is 2.12 bits per heavy atom. The number of amides is 1. The highest BCUT2D eigenvalue weighted by molar-refractivity contribution is 7.09. The first-order valence-electron chi connectivity index (χ1n) is 5.96. The summed E-state index contributed by atoms with van der Waals surface area (Å²) in [6, 6.07) is 4.18. The van der Waals surface area contributed by atoms with Crippen LogP contribution in [0.5, 0.6) is 0 Å². The average molecular weight is 239 g/mol. The lowest BCUT2D eigenvalue weighted by Crippen LogP contribution is -2.33. The van der Waals surface area contributed by atoms with Gasteiger partial charge in [-0.05, 0) is 30.7 Å². The quantitative estimate of drug-likeness (QED) is 0.746. The molecule has 90 valence electrons. The molecular formula is C13H21NOS. The summed E-state index contributed by atoms with van der Waals surface area (Å²) in [4.78, 5) is 15.2. The lowest BCUT2D eigenvalue weighted by atomic mass is 10.0. The molecule has 0 aromatic carbocycles. The highest BCUT2D eigenvalue weighted by Gasteiger charge is 2.17. The number of carbonyl (C=O) groups excluding carboxylic acids is 1. The van der Waals surface area contributed by atoms with Gasteiger partial charge in [0.2, 0.25) is 5.91 Å². The average Bonchev–Trinajstić information content (AvgIpc) is 2.80. The first-order valence-corrected chi connectivity index (χ1v) is 6.84. The number of hydrogen-bond donors (Lipinski definition) is 0. The third-order valence-electron chi connectivity index (χ3n) is 2.98. The lowest BCUT2D eigenvalue weighted by Gasteiger charge is -2.21. The molecule has 1 aromatic heterocycles. The van der Waals surface area contributed by atoms with Gasteiger partial charge < -0.3 is 4.90 Å². The third-order valence-corrected chi connectivity index (χ3v) is 3.92. The maximum Gasteiger partial charge on any atom is 0.225 e. The molecule has 1 amide bonds. The molecule has 0 aliphatic heterocycles. The first-order chi connectivity index (χ1) is 7.69. The number of thiophene rings is 1. The Balaban J connectivity index is 2.39. The summed E-state index contributed by atoms with van der Waals surface area (Å²) in [5.41, 5.74) is 0. The molecule has 0 saturated carbocycles. The SMILES string of the molecule is CCC(CC)C(=O)N(C)CCc1cccs1. The van der Waals surface area contributed by atoms with Crippen LogP contribution in [-0.2, 0) is 11.2 Å². The van der Waals surface area contributed by atoms with E-state index in [-0.39, 0.29) is 5.92 Å². The third kappa shape index (κ3) is 3.63. The summed E-state index contributed by atoms with van der Waals surface area (Å²) in [7, 11) is 1.91. The van der Waals surface area contributed by atoms with E-state index in [1.807, 2.05) is 11.9 Å². The summed E-state index contributed by atoms with van der Waals surface area (Å²) in [5.74, 6) is 0.495. The Kier molecular flexibility index (Phi) is 5.53. The summed E-state index contributed by atoms with van der Waals surface area (Å²) in [6.45, 7) is 4.99. The number of nitrogens with zero attached hydrogens (tertiary/aromatic N) is 1. The van der Waals surface area contributed by atoms with Crippen molar-refractivity contribution in [3.63, 3.8) is 0 Å². The van der Waals surface area contributed by atoms with Crippen molar-refractivity contribution in [3.05, 3.63) is 22.4 Å². The number of rotatable bonds is 6. The second kappa shape index (κ2) is 6.69. The van der Waals surface area contributed by atoms with E-state index in [1.165, 1.54) is 4.88 Å². The Morgan fingerprint density at radius 3 is 2.62 bits per heavy atom. The second-order valence-electron chi connectivity index (χ2n) is 4.10. The molecule has 0 unspecified atom stereocenters. The molecule has 0 spiro atoms. The first kappa shape index (κ1) is 13.2. The van der Waals surface area contributed by atoms with E-state index in [4.69, 9.17) is 0 Å². The minimum Gasteiger partial charge on any atom is -0.345 e. The molecule has 1 aromatic rings. The minimum absolute atomic E-state index is 0.202. The van der Waals surface area contributed by atoms with Crippen LogP contribution in [0.2, 0.25) is 0 Å². The molecule has 1 rings (SSSR count). The van der Waals surface area contributed by atoms with Crippen molar-refractivity contribution in [2.75, 3.05) is 13.6 Å². The molecule has 3 heteroatoms. The van der Waals surface area contributed by atoms with Gasteiger partial charge in [-0.2, -0.15) is 0 Å². The van der Waals surface area contributed by atoms with E-state index in [1.54, 1.807) is 11.3 Å². The van der Waals surface area contributed by atoms with Gasteiger partial charge in [-0.15, -0.1) is 11.3 Å². The van der Waals surface area contributed by atoms with Crippen LogP contribution in [0.3, 0.4) is 0 Å². The molecule has 0 bridgehead atoms. The van der Waals surface area contributed by atoms with Crippen LogP contribution >= 0.6 is 11.3 Å². The van der Waals surface area contributed by atoms with Crippen LogP contribution in [-0.4, -0.2) is 24.4 Å². The van der Waals surface area contributed by atoms with Crippen molar-refractivity contribution in [1.29, 1.82) is 0 Å². The molecule has 0 N–H and O–H groups in total. The summed E-state index contributed by atoms with van der Waals surface area (Å²) in [6.07, 6.45) is 2.86. The monoisotopic (exact) mass is 239 g/mol. The second-order valence-corrected chi connectivity index (χ2v) is 5.13. The van der Waals surface area contributed by atoms with E-state index >= 15 is 0 Å². The van der Waals surface area contributed by atoms with Crippen molar-refractivity contribution in [1.82, 2.24) is 4.90 Å². The van der Waals surface area contributed by atoms with Gasteiger partial charge in [0.15, 0.2) is 0 Å². The van der Waals surface area contributed by atoms with E-state index < -0.39 is 0 Å². The fourth-order valence-electron chi connectivity index (χ4n) is 1.79. The van der Waals surface area contributed by atoms with Gasteiger partial charge in [0.1, 0.15) is 0 Å². The van der Waals surface area contributed by atoms with Gasteiger partial charge >= 0.3 is 0 Å². The highest BCUT2D eigenvalue weighted by atomic mass is 32.1. The molecule has 0 atom stereocenters. The maximum absolute atomic E-state index is 12.0. The predicted molar refractivity (Wildman–Crippen MR) is 69.7 cm³/mol. The van der Waals surface area contributed by atoms with Crippen LogP contribution < -0.4 is 0 Å². The summed E-state index contributed by atoms with van der Waals surface area (Å²) >= 11 is 1.76. The lowest BCUT2D eigenvalue weighted by molar-refractivity contribution is -0.134. The predicted octanol–water partition coefficient (Wildman–Crippen LogP) is 3.19. The van der Waals surface area contributed by atoms with Crippen LogP contribution in [0.4, 0.5) is 0 Å². The molecule has 16 heavy (non-hydrogen) atoms. The molecule has 0 fully saturated rings. The highest BCUT2D eigenvalue weighted by Crippen LogP contribution is 2.13. The van der Waals surface area contributed by atoms with E-state index in [2.05, 4.69) is 31.4 Å².